The average Bonchev–Trinajstić information content (AvgIpc) is 3.37. The molecule has 4 heterocycles. The van der Waals surface area contributed by atoms with Gasteiger partial charge in [-0.25, -0.2) is 9.97 Å². The normalized spacial score (nSPS) is 16.2. The smallest absolute Gasteiger partial charge is 0.281 e. The highest BCUT2D eigenvalue weighted by Crippen LogP contribution is 2.33. The largest absolute Gasteiger partial charge is 0.377 e. The predicted octanol–water partition coefficient (Wildman–Crippen LogP) is 5.15. The molecule has 0 saturated carbocycles. The standard InChI is InChI=1S/C28H32ClN7O3S/c1-15-11-19(16(2)30-22-8-9-23(29)31-25(22)26(37)34-40-5)24-20(12-15)27(38)35(4)28(32-24)36-10-6-7-18(13-36)21-14-39-33-17(21)3/h8-9,11-12,14,16,18,30H,6-7,10,13H2,1-5H3,(H,34,37). The van der Waals surface area contributed by atoms with Crippen molar-refractivity contribution < 1.29 is 9.32 Å². The first-order valence-electron chi connectivity index (χ1n) is 13.1. The van der Waals surface area contributed by atoms with E-state index in [1.54, 1.807) is 36.3 Å². The summed E-state index contributed by atoms with van der Waals surface area (Å²) in [6.45, 7) is 7.40. The Labute approximate surface area is 241 Å². The molecule has 1 aliphatic rings. The molecule has 2 unspecified atom stereocenters. The van der Waals surface area contributed by atoms with Gasteiger partial charge in [-0.2, -0.15) is 0 Å². The second kappa shape index (κ2) is 11.5. The van der Waals surface area contributed by atoms with E-state index in [0.717, 1.165) is 41.8 Å². The third-order valence-corrected chi connectivity index (χ3v) is 7.97. The second-order valence-corrected chi connectivity index (χ2v) is 11.2. The first kappa shape index (κ1) is 28.0. The SMILES string of the molecule is CSNC(=O)c1nc(Cl)ccc1NC(C)c1cc(C)cc2c(=O)n(C)c(N3CCCC(c4conc4C)C3)nc12. The highest BCUT2D eigenvalue weighted by molar-refractivity contribution is 7.97. The Morgan fingerprint density at radius 3 is 2.77 bits per heavy atom. The van der Waals surface area contributed by atoms with Gasteiger partial charge in [0.2, 0.25) is 5.95 Å². The molecule has 0 spiro atoms. The van der Waals surface area contributed by atoms with Crippen molar-refractivity contribution in [2.24, 2.45) is 7.05 Å². The molecule has 40 heavy (non-hydrogen) atoms. The number of nitrogens with one attached hydrogen (secondary N) is 2. The van der Waals surface area contributed by atoms with Crippen molar-refractivity contribution in [3.63, 3.8) is 0 Å². The van der Waals surface area contributed by atoms with Crippen LogP contribution >= 0.6 is 23.5 Å². The van der Waals surface area contributed by atoms with Gasteiger partial charge in [-0.15, -0.1) is 0 Å². The van der Waals surface area contributed by atoms with Gasteiger partial charge in [0.15, 0.2) is 5.69 Å². The van der Waals surface area contributed by atoms with Gasteiger partial charge in [0.1, 0.15) is 11.4 Å². The molecule has 1 aliphatic heterocycles. The summed E-state index contributed by atoms with van der Waals surface area (Å²) >= 11 is 7.29. The molecule has 1 saturated heterocycles. The Hall–Kier alpha value is -3.57. The van der Waals surface area contributed by atoms with Gasteiger partial charge in [-0.3, -0.25) is 18.9 Å². The first-order valence-corrected chi connectivity index (χ1v) is 14.7. The quantitative estimate of drug-likeness (QED) is 0.225. The van der Waals surface area contributed by atoms with E-state index < -0.39 is 0 Å². The number of pyridine rings is 1. The summed E-state index contributed by atoms with van der Waals surface area (Å²) in [5.41, 5.74) is 5.04. The highest BCUT2D eigenvalue weighted by Gasteiger charge is 2.28. The van der Waals surface area contributed by atoms with Gasteiger partial charge in [0.05, 0.1) is 28.3 Å². The topological polar surface area (TPSA) is 118 Å². The molecule has 0 radical (unpaired) electrons. The van der Waals surface area contributed by atoms with Gasteiger partial charge < -0.3 is 14.7 Å². The van der Waals surface area contributed by atoms with Crippen molar-refractivity contribution in [1.82, 2.24) is 24.4 Å². The molecule has 3 aromatic heterocycles. The molecular formula is C28H32ClN7O3S. The predicted molar refractivity (Wildman–Crippen MR) is 159 cm³/mol. The summed E-state index contributed by atoms with van der Waals surface area (Å²) in [5, 5.41) is 8.24. The van der Waals surface area contributed by atoms with Crippen molar-refractivity contribution in [3.05, 3.63) is 74.1 Å². The monoisotopic (exact) mass is 581 g/mol. The number of hydrogen-bond acceptors (Lipinski definition) is 9. The zero-order valence-electron chi connectivity index (χ0n) is 23.1. The molecule has 1 fully saturated rings. The van der Waals surface area contributed by atoms with Crippen LogP contribution in [-0.4, -0.2) is 44.9 Å². The fourth-order valence-corrected chi connectivity index (χ4v) is 5.87. The number of nitrogens with zero attached hydrogens (tertiary/aromatic N) is 5. The Morgan fingerprint density at radius 2 is 2.05 bits per heavy atom. The van der Waals surface area contributed by atoms with Crippen molar-refractivity contribution in [2.75, 3.05) is 29.6 Å². The summed E-state index contributed by atoms with van der Waals surface area (Å²) < 4.78 is 9.54. The number of anilines is 2. The number of halogens is 1. The van der Waals surface area contributed by atoms with Gasteiger partial charge in [0.25, 0.3) is 11.5 Å². The van der Waals surface area contributed by atoms with Crippen LogP contribution in [0.25, 0.3) is 10.9 Å². The van der Waals surface area contributed by atoms with E-state index in [-0.39, 0.29) is 34.3 Å². The van der Waals surface area contributed by atoms with Gasteiger partial charge in [-0.1, -0.05) is 34.8 Å². The number of amides is 1. The van der Waals surface area contributed by atoms with Crippen LogP contribution in [0.4, 0.5) is 11.6 Å². The number of carbonyl (C=O) groups excluding carboxylic acids is 1. The Kier molecular flexibility index (Phi) is 8.04. The van der Waals surface area contributed by atoms with Gasteiger partial charge in [-0.05, 0) is 57.4 Å². The summed E-state index contributed by atoms with van der Waals surface area (Å²) in [6.07, 6.45) is 5.47. The minimum atomic E-state index is -0.351. The van der Waals surface area contributed by atoms with Crippen molar-refractivity contribution in [2.45, 2.75) is 45.6 Å². The number of carbonyl (C=O) groups is 1. The minimum Gasteiger partial charge on any atom is -0.377 e. The fourth-order valence-electron chi connectivity index (χ4n) is 5.44. The van der Waals surface area contributed by atoms with Crippen LogP contribution in [0.15, 0.2) is 39.8 Å². The molecule has 5 rings (SSSR count). The van der Waals surface area contributed by atoms with Crippen LogP contribution in [0.2, 0.25) is 5.15 Å². The molecule has 2 N–H and O–H groups in total. The number of benzene rings is 1. The lowest BCUT2D eigenvalue weighted by Gasteiger charge is -2.34. The van der Waals surface area contributed by atoms with Crippen molar-refractivity contribution in [1.29, 1.82) is 0 Å². The summed E-state index contributed by atoms with van der Waals surface area (Å²) in [7, 11) is 1.78. The van der Waals surface area contributed by atoms with E-state index in [9.17, 15) is 9.59 Å². The second-order valence-electron chi connectivity index (χ2n) is 10.2. The zero-order valence-corrected chi connectivity index (χ0v) is 24.7. The molecule has 4 aromatic rings. The minimum absolute atomic E-state index is 0.103. The number of hydrogen-bond donors (Lipinski definition) is 2. The number of fused-ring (bicyclic) bond motifs is 1. The van der Waals surface area contributed by atoms with E-state index in [2.05, 4.69) is 25.1 Å². The molecule has 0 aliphatic carbocycles. The number of aryl methyl sites for hydroxylation is 2. The number of piperidine rings is 1. The van der Waals surface area contributed by atoms with Gasteiger partial charge >= 0.3 is 0 Å². The Balaban J connectivity index is 1.55. The lowest BCUT2D eigenvalue weighted by atomic mass is 9.91. The number of rotatable bonds is 7. The molecule has 0 bridgehead atoms. The average molecular weight is 582 g/mol. The molecule has 1 aromatic carbocycles. The van der Waals surface area contributed by atoms with Crippen molar-refractivity contribution in [3.8, 4) is 0 Å². The van der Waals surface area contributed by atoms with Crippen LogP contribution in [-0.2, 0) is 7.05 Å². The van der Waals surface area contributed by atoms with Crippen LogP contribution in [0.3, 0.4) is 0 Å². The maximum Gasteiger partial charge on any atom is 0.281 e. The van der Waals surface area contributed by atoms with E-state index in [1.165, 1.54) is 11.9 Å². The van der Waals surface area contributed by atoms with Crippen LogP contribution < -0.4 is 20.5 Å². The molecule has 1 amide bonds. The number of aromatic nitrogens is 4. The Morgan fingerprint density at radius 1 is 1.25 bits per heavy atom. The van der Waals surface area contributed by atoms with E-state index in [1.807, 2.05) is 32.9 Å². The lowest BCUT2D eigenvalue weighted by molar-refractivity contribution is 0.0980. The third-order valence-electron chi connectivity index (χ3n) is 7.37. The summed E-state index contributed by atoms with van der Waals surface area (Å²) in [4.78, 5) is 37.9. The van der Waals surface area contributed by atoms with Crippen LogP contribution in [0.1, 0.15) is 64.6 Å². The molecule has 12 heteroatoms. The first-order chi connectivity index (χ1) is 19.2. The summed E-state index contributed by atoms with van der Waals surface area (Å²) in [5.74, 6) is 0.520. The Bertz CT molecular complexity index is 1640. The zero-order chi connectivity index (χ0) is 28.6. The molecule has 210 valence electrons. The molecule has 10 nitrogen and oxygen atoms in total. The van der Waals surface area contributed by atoms with E-state index in [0.29, 0.717) is 29.1 Å². The van der Waals surface area contributed by atoms with E-state index in [4.69, 9.17) is 21.1 Å². The highest BCUT2D eigenvalue weighted by atomic mass is 35.5. The molecule has 2 atom stereocenters. The third kappa shape index (κ3) is 5.40. The lowest BCUT2D eigenvalue weighted by Crippen LogP contribution is -2.39. The summed E-state index contributed by atoms with van der Waals surface area (Å²) in [6, 6.07) is 6.98. The maximum atomic E-state index is 13.7. The van der Waals surface area contributed by atoms with Gasteiger partial charge in [0, 0.05) is 43.4 Å². The molecular weight excluding hydrogens is 550 g/mol. The van der Waals surface area contributed by atoms with Crippen LogP contribution in [0, 0.1) is 13.8 Å². The van der Waals surface area contributed by atoms with Crippen LogP contribution in [0.5, 0.6) is 0 Å². The fraction of sp³-hybridized carbons (Fsp3) is 0.393. The van der Waals surface area contributed by atoms with Crippen molar-refractivity contribution >= 4 is 52.0 Å². The van der Waals surface area contributed by atoms with E-state index >= 15 is 0 Å². The maximum absolute atomic E-state index is 13.7.